The largest absolute Gasteiger partial charge is 0.508 e. The number of allylic oxidation sites excluding steroid dienone is 2. The Hall–Kier alpha value is -4.14. The van der Waals surface area contributed by atoms with Crippen LogP contribution in [0, 0.1) is 10.1 Å². The Morgan fingerprint density at radius 3 is 2.38 bits per heavy atom. The number of nitro benzene ring substituents is 1. The Kier molecular flexibility index (Phi) is 6.58. The fraction of sp³-hybridized carbons (Fsp3) is 0.217. The van der Waals surface area contributed by atoms with Crippen LogP contribution in [0.4, 0.5) is 5.69 Å². The molecule has 0 saturated heterocycles. The van der Waals surface area contributed by atoms with Crippen LogP contribution in [0.3, 0.4) is 0 Å². The van der Waals surface area contributed by atoms with Crippen molar-refractivity contribution < 1.29 is 29.5 Å². The average Bonchev–Trinajstić information content (AvgIpc) is 2.74. The smallest absolute Gasteiger partial charge is 0.336 e. The fourth-order valence-corrected chi connectivity index (χ4v) is 3.70. The molecule has 0 saturated carbocycles. The number of aliphatic carboxylic acids is 1. The van der Waals surface area contributed by atoms with E-state index in [1.807, 2.05) is 0 Å². The first-order valence-corrected chi connectivity index (χ1v) is 9.80. The zero-order valence-corrected chi connectivity index (χ0v) is 17.5. The first-order chi connectivity index (χ1) is 15.2. The molecule has 3 N–H and O–H groups in total. The van der Waals surface area contributed by atoms with Gasteiger partial charge in [0.2, 0.25) is 0 Å². The van der Waals surface area contributed by atoms with Crippen molar-refractivity contribution in [2.45, 2.75) is 26.2 Å². The summed E-state index contributed by atoms with van der Waals surface area (Å²) >= 11 is 0. The average molecular weight is 438 g/mol. The predicted octanol–water partition coefficient (Wildman–Crippen LogP) is 3.41. The van der Waals surface area contributed by atoms with Crippen molar-refractivity contribution in [3.8, 4) is 5.75 Å². The van der Waals surface area contributed by atoms with E-state index >= 15 is 0 Å². The van der Waals surface area contributed by atoms with Gasteiger partial charge in [-0.15, -0.1) is 0 Å². The van der Waals surface area contributed by atoms with Crippen LogP contribution >= 0.6 is 0 Å². The highest BCUT2D eigenvalue weighted by atomic mass is 16.6. The van der Waals surface area contributed by atoms with E-state index in [9.17, 15) is 29.9 Å². The van der Waals surface area contributed by atoms with Gasteiger partial charge in [0, 0.05) is 29.9 Å². The number of dihydropyridines is 1. The number of carbonyl (C=O) groups is 2. The number of esters is 1. The molecule has 0 aliphatic carbocycles. The Morgan fingerprint density at radius 1 is 1.09 bits per heavy atom. The number of ether oxygens (including phenoxy) is 1. The normalized spacial score (nSPS) is 15.9. The van der Waals surface area contributed by atoms with E-state index in [1.54, 1.807) is 32.0 Å². The number of nitrogens with zero attached hydrogens (tertiary/aromatic N) is 1. The minimum atomic E-state index is -1.24. The number of aromatic hydroxyl groups is 1. The van der Waals surface area contributed by atoms with E-state index in [0.717, 1.165) is 5.56 Å². The molecule has 1 heterocycles. The third kappa shape index (κ3) is 4.77. The highest BCUT2D eigenvalue weighted by Gasteiger charge is 2.37. The molecule has 2 aromatic rings. The van der Waals surface area contributed by atoms with Gasteiger partial charge in [0.05, 0.1) is 28.6 Å². The van der Waals surface area contributed by atoms with Crippen molar-refractivity contribution in [2.75, 3.05) is 6.61 Å². The molecule has 9 nitrogen and oxygen atoms in total. The lowest BCUT2D eigenvalue weighted by atomic mass is 9.80. The van der Waals surface area contributed by atoms with E-state index in [2.05, 4.69) is 5.32 Å². The standard InChI is InChI=1S/C23H22N2O7/c1-13-19(22(27)28)21(16-4-3-5-17(12-16)25(30)31)20(14(2)24-13)23(29)32-11-10-15-6-8-18(26)9-7-15/h3-9,12,21,24,26H,10-11H2,1-2H3,(H,27,28). The van der Waals surface area contributed by atoms with Gasteiger partial charge in [0.1, 0.15) is 5.75 Å². The van der Waals surface area contributed by atoms with Crippen molar-refractivity contribution in [1.82, 2.24) is 5.32 Å². The van der Waals surface area contributed by atoms with Crippen molar-refractivity contribution >= 4 is 17.6 Å². The molecule has 32 heavy (non-hydrogen) atoms. The lowest BCUT2D eigenvalue weighted by Crippen LogP contribution is -2.32. The SMILES string of the molecule is CC1=C(C(=O)O)C(c2cccc([N+](=O)[O-])c2)C(C(=O)OCCc2ccc(O)cc2)=C(C)N1. The van der Waals surface area contributed by atoms with Crippen LogP contribution in [0.5, 0.6) is 5.75 Å². The van der Waals surface area contributed by atoms with Gasteiger partial charge in [-0.1, -0.05) is 24.3 Å². The summed E-state index contributed by atoms with van der Waals surface area (Å²) in [5, 5.41) is 33.3. The predicted molar refractivity (Wildman–Crippen MR) is 115 cm³/mol. The second kappa shape index (κ2) is 9.34. The highest BCUT2D eigenvalue weighted by Crippen LogP contribution is 2.39. The van der Waals surface area contributed by atoms with Crippen LogP contribution in [0.15, 0.2) is 71.1 Å². The van der Waals surface area contributed by atoms with Crippen LogP contribution < -0.4 is 5.32 Å². The quantitative estimate of drug-likeness (QED) is 0.340. The molecule has 2 aromatic carbocycles. The molecule has 1 atom stereocenters. The number of nitro groups is 1. The maximum atomic E-state index is 13.0. The van der Waals surface area contributed by atoms with Crippen LogP contribution in [0.2, 0.25) is 0 Å². The number of rotatable bonds is 7. The number of non-ortho nitro benzene ring substituents is 1. The summed E-state index contributed by atoms with van der Waals surface area (Å²) < 4.78 is 5.43. The Balaban J connectivity index is 1.92. The van der Waals surface area contributed by atoms with Gasteiger partial charge < -0.3 is 20.3 Å². The molecule has 0 amide bonds. The molecular weight excluding hydrogens is 416 g/mol. The van der Waals surface area contributed by atoms with Gasteiger partial charge in [-0.05, 0) is 37.1 Å². The first-order valence-electron chi connectivity index (χ1n) is 9.80. The van der Waals surface area contributed by atoms with Gasteiger partial charge in [0.25, 0.3) is 5.69 Å². The maximum Gasteiger partial charge on any atom is 0.336 e. The summed E-state index contributed by atoms with van der Waals surface area (Å²) in [4.78, 5) is 35.7. The molecule has 1 aliphatic heterocycles. The summed E-state index contributed by atoms with van der Waals surface area (Å²) in [7, 11) is 0. The molecule has 0 spiro atoms. The second-order valence-corrected chi connectivity index (χ2v) is 7.34. The highest BCUT2D eigenvalue weighted by molar-refractivity contribution is 5.99. The molecule has 9 heteroatoms. The molecular formula is C23H22N2O7. The monoisotopic (exact) mass is 438 g/mol. The number of phenols is 1. The number of phenolic OH excluding ortho intramolecular Hbond substituents is 1. The van der Waals surface area contributed by atoms with Gasteiger partial charge in [-0.3, -0.25) is 10.1 Å². The Bertz CT molecular complexity index is 1130. The van der Waals surface area contributed by atoms with Gasteiger partial charge in [0.15, 0.2) is 0 Å². The van der Waals surface area contributed by atoms with Crippen molar-refractivity contribution in [3.63, 3.8) is 0 Å². The number of hydrogen-bond donors (Lipinski definition) is 3. The van der Waals surface area contributed by atoms with E-state index in [-0.39, 0.29) is 29.2 Å². The number of carbonyl (C=O) groups excluding carboxylic acids is 1. The summed E-state index contributed by atoms with van der Waals surface area (Å²) in [5.74, 6) is -2.86. The van der Waals surface area contributed by atoms with Crippen LogP contribution in [-0.2, 0) is 20.7 Å². The third-order valence-corrected chi connectivity index (χ3v) is 5.19. The fourth-order valence-electron chi connectivity index (χ4n) is 3.70. The topological polar surface area (TPSA) is 139 Å². The second-order valence-electron chi connectivity index (χ2n) is 7.34. The number of carboxylic acid groups (broad SMARTS) is 1. The number of nitrogens with one attached hydrogen (secondary N) is 1. The zero-order valence-electron chi connectivity index (χ0n) is 17.5. The summed E-state index contributed by atoms with van der Waals surface area (Å²) in [6.07, 6.45) is 0.397. The number of hydrogen-bond acceptors (Lipinski definition) is 7. The molecule has 1 unspecified atom stereocenters. The minimum Gasteiger partial charge on any atom is -0.508 e. The molecule has 0 aromatic heterocycles. The van der Waals surface area contributed by atoms with Crippen LogP contribution in [0.1, 0.15) is 30.9 Å². The van der Waals surface area contributed by atoms with E-state index in [4.69, 9.17) is 4.74 Å². The molecule has 0 bridgehead atoms. The van der Waals surface area contributed by atoms with Crippen molar-refractivity contribution in [1.29, 1.82) is 0 Å². The summed E-state index contributed by atoms with van der Waals surface area (Å²) in [6.45, 7) is 3.24. The minimum absolute atomic E-state index is 0.0349. The molecule has 166 valence electrons. The number of carboxylic acids is 1. The van der Waals surface area contributed by atoms with Crippen molar-refractivity contribution in [2.24, 2.45) is 0 Å². The lowest BCUT2D eigenvalue weighted by molar-refractivity contribution is -0.384. The van der Waals surface area contributed by atoms with Gasteiger partial charge in [-0.2, -0.15) is 0 Å². The molecule has 1 aliphatic rings. The Labute approximate surface area is 183 Å². The van der Waals surface area contributed by atoms with E-state index in [0.29, 0.717) is 23.4 Å². The first kappa shape index (κ1) is 22.5. The van der Waals surface area contributed by atoms with E-state index in [1.165, 1.54) is 30.3 Å². The zero-order chi connectivity index (χ0) is 23.4. The Morgan fingerprint density at radius 2 is 1.75 bits per heavy atom. The molecule has 0 radical (unpaired) electrons. The maximum absolute atomic E-state index is 13.0. The van der Waals surface area contributed by atoms with Crippen molar-refractivity contribution in [3.05, 3.63) is 92.3 Å². The summed E-state index contributed by atoms with van der Waals surface area (Å²) in [5.41, 5.74) is 1.70. The molecule has 3 rings (SSSR count). The third-order valence-electron chi connectivity index (χ3n) is 5.19. The molecule has 0 fully saturated rings. The number of benzene rings is 2. The lowest BCUT2D eigenvalue weighted by Gasteiger charge is -2.29. The van der Waals surface area contributed by atoms with Crippen LogP contribution in [-0.4, -0.2) is 33.7 Å². The summed E-state index contributed by atoms with van der Waals surface area (Å²) in [6, 6.07) is 12.0. The van der Waals surface area contributed by atoms with E-state index < -0.39 is 22.8 Å². The van der Waals surface area contributed by atoms with Crippen LogP contribution in [0.25, 0.3) is 0 Å². The van der Waals surface area contributed by atoms with Gasteiger partial charge >= 0.3 is 11.9 Å². The van der Waals surface area contributed by atoms with Gasteiger partial charge in [-0.25, -0.2) is 9.59 Å².